The minimum absolute atomic E-state index is 0.0549. The summed E-state index contributed by atoms with van der Waals surface area (Å²) in [6.45, 7) is 3.05. The minimum Gasteiger partial charge on any atom is -0.392 e. The molecular weight excluding hydrogens is 323 g/mol. The van der Waals surface area contributed by atoms with Crippen LogP contribution in [-0.4, -0.2) is 41.1 Å². The van der Waals surface area contributed by atoms with E-state index in [1.54, 1.807) is 18.2 Å². The summed E-state index contributed by atoms with van der Waals surface area (Å²) in [5.41, 5.74) is 0.517. The fraction of sp³-hybridized carbons (Fsp3) is 0.562. The van der Waals surface area contributed by atoms with E-state index in [2.05, 4.69) is 10.2 Å². The topological polar surface area (TPSA) is 52.6 Å². The summed E-state index contributed by atoms with van der Waals surface area (Å²) >= 11 is 12.0. The zero-order chi connectivity index (χ0) is 16.1. The number of piperidine rings is 1. The van der Waals surface area contributed by atoms with Crippen LogP contribution in [0.5, 0.6) is 0 Å². The normalized spacial score (nSPS) is 20.6. The Labute approximate surface area is 141 Å². The first-order chi connectivity index (χ1) is 10.5. The predicted molar refractivity (Wildman–Crippen MR) is 90.6 cm³/mol. The SMILES string of the molecule is CCC(O)C1CCCCN1CC(=O)Nc1cccc(Cl)c1Cl. The molecule has 2 rings (SSSR count). The fourth-order valence-electron chi connectivity index (χ4n) is 2.90. The number of halogens is 2. The highest BCUT2D eigenvalue weighted by Gasteiger charge is 2.29. The second-order valence-electron chi connectivity index (χ2n) is 5.66. The third-order valence-electron chi connectivity index (χ3n) is 4.10. The van der Waals surface area contributed by atoms with E-state index in [4.69, 9.17) is 23.2 Å². The van der Waals surface area contributed by atoms with Gasteiger partial charge >= 0.3 is 0 Å². The molecule has 0 radical (unpaired) electrons. The molecule has 1 saturated heterocycles. The molecule has 1 fully saturated rings. The highest BCUT2D eigenvalue weighted by Crippen LogP contribution is 2.29. The van der Waals surface area contributed by atoms with Crippen molar-refractivity contribution in [3.63, 3.8) is 0 Å². The summed E-state index contributed by atoms with van der Waals surface area (Å²) in [6, 6.07) is 5.20. The van der Waals surface area contributed by atoms with Crippen molar-refractivity contribution >= 4 is 34.8 Å². The monoisotopic (exact) mass is 344 g/mol. The maximum absolute atomic E-state index is 12.3. The van der Waals surface area contributed by atoms with Crippen molar-refractivity contribution in [2.24, 2.45) is 0 Å². The Balaban J connectivity index is 1.99. The van der Waals surface area contributed by atoms with Crippen LogP contribution in [0.15, 0.2) is 18.2 Å². The molecule has 0 aliphatic carbocycles. The Kier molecular flexibility index (Phi) is 6.50. The maximum Gasteiger partial charge on any atom is 0.238 e. The number of carbonyl (C=O) groups is 1. The van der Waals surface area contributed by atoms with E-state index in [9.17, 15) is 9.90 Å². The van der Waals surface area contributed by atoms with Crippen LogP contribution < -0.4 is 5.32 Å². The fourth-order valence-corrected chi connectivity index (χ4v) is 3.24. The average molecular weight is 345 g/mol. The smallest absolute Gasteiger partial charge is 0.238 e. The summed E-state index contributed by atoms with van der Waals surface area (Å²) in [4.78, 5) is 14.3. The zero-order valence-electron chi connectivity index (χ0n) is 12.7. The summed E-state index contributed by atoms with van der Waals surface area (Å²) in [7, 11) is 0. The number of aliphatic hydroxyl groups excluding tert-OH is 1. The molecule has 122 valence electrons. The van der Waals surface area contributed by atoms with Gasteiger partial charge in [0.2, 0.25) is 5.91 Å². The predicted octanol–water partition coefficient (Wildman–Crippen LogP) is 3.56. The zero-order valence-corrected chi connectivity index (χ0v) is 14.2. The third kappa shape index (κ3) is 4.35. The number of amides is 1. The molecule has 1 aromatic carbocycles. The number of carbonyl (C=O) groups excluding carboxylic acids is 1. The molecule has 0 aromatic heterocycles. The molecular formula is C16H22Cl2N2O2. The molecule has 1 heterocycles. The molecule has 0 bridgehead atoms. The van der Waals surface area contributed by atoms with E-state index in [1.807, 2.05) is 6.92 Å². The molecule has 1 amide bonds. The van der Waals surface area contributed by atoms with Crippen LogP contribution in [0.2, 0.25) is 10.0 Å². The summed E-state index contributed by atoms with van der Waals surface area (Å²) in [5.74, 6) is -0.139. The quantitative estimate of drug-likeness (QED) is 0.858. The van der Waals surface area contributed by atoms with Crippen LogP contribution >= 0.6 is 23.2 Å². The van der Waals surface area contributed by atoms with Gasteiger partial charge < -0.3 is 10.4 Å². The van der Waals surface area contributed by atoms with Gasteiger partial charge in [0.1, 0.15) is 0 Å². The molecule has 4 nitrogen and oxygen atoms in total. The van der Waals surface area contributed by atoms with Crippen LogP contribution in [0.25, 0.3) is 0 Å². The lowest BCUT2D eigenvalue weighted by Crippen LogP contribution is -2.49. The van der Waals surface area contributed by atoms with E-state index in [0.29, 0.717) is 22.2 Å². The lowest BCUT2D eigenvalue weighted by Gasteiger charge is -2.37. The molecule has 1 aliphatic rings. The molecule has 6 heteroatoms. The second-order valence-corrected chi connectivity index (χ2v) is 6.44. The molecule has 2 N–H and O–H groups in total. The Morgan fingerprint density at radius 1 is 1.45 bits per heavy atom. The number of hydrogen-bond donors (Lipinski definition) is 2. The summed E-state index contributed by atoms with van der Waals surface area (Å²) in [5, 5.41) is 13.7. The van der Waals surface area contributed by atoms with Gasteiger partial charge in [0.05, 0.1) is 28.4 Å². The number of nitrogens with zero attached hydrogens (tertiary/aromatic N) is 1. The van der Waals surface area contributed by atoms with Crippen LogP contribution in [-0.2, 0) is 4.79 Å². The van der Waals surface area contributed by atoms with Crippen LogP contribution in [0.4, 0.5) is 5.69 Å². The van der Waals surface area contributed by atoms with Crippen molar-refractivity contribution in [2.45, 2.75) is 44.8 Å². The van der Waals surface area contributed by atoms with Gasteiger partial charge in [-0.05, 0) is 37.9 Å². The van der Waals surface area contributed by atoms with Crippen LogP contribution in [0.3, 0.4) is 0 Å². The molecule has 2 unspecified atom stereocenters. The molecule has 1 aromatic rings. The van der Waals surface area contributed by atoms with Gasteiger partial charge in [0.15, 0.2) is 0 Å². The van der Waals surface area contributed by atoms with Crippen molar-refractivity contribution < 1.29 is 9.90 Å². The number of rotatable bonds is 5. The van der Waals surface area contributed by atoms with Crippen LogP contribution in [0, 0.1) is 0 Å². The van der Waals surface area contributed by atoms with Crippen molar-refractivity contribution in [2.75, 3.05) is 18.4 Å². The Hall–Kier alpha value is -0.810. The van der Waals surface area contributed by atoms with Crippen molar-refractivity contribution in [3.8, 4) is 0 Å². The molecule has 22 heavy (non-hydrogen) atoms. The van der Waals surface area contributed by atoms with Crippen molar-refractivity contribution in [3.05, 3.63) is 28.2 Å². The highest BCUT2D eigenvalue weighted by molar-refractivity contribution is 6.43. The first-order valence-electron chi connectivity index (χ1n) is 7.69. The van der Waals surface area contributed by atoms with Gasteiger partial charge in [-0.1, -0.05) is 42.6 Å². The Bertz CT molecular complexity index is 525. The number of nitrogens with one attached hydrogen (secondary N) is 1. The van der Waals surface area contributed by atoms with Gasteiger partial charge in [-0.25, -0.2) is 0 Å². The lowest BCUT2D eigenvalue weighted by molar-refractivity contribution is -0.119. The largest absolute Gasteiger partial charge is 0.392 e. The molecule has 1 aliphatic heterocycles. The van der Waals surface area contributed by atoms with Gasteiger partial charge in [0, 0.05) is 6.04 Å². The van der Waals surface area contributed by atoms with E-state index < -0.39 is 0 Å². The van der Waals surface area contributed by atoms with E-state index in [-0.39, 0.29) is 24.6 Å². The Morgan fingerprint density at radius 2 is 2.23 bits per heavy atom. The number of anilines is 1. The standard InChI is InChI=1S/C16H22Cl2N2O2/c1-2-14(21)13-8-3-4-9-20(13)10-15(22)19-12-7-5-6-11(17)16(12)18/h5-7,13-14,21H,2-4,8-10H2,1H3,(H,19,22). The van der Waals surface area contributed by atoms with Gasteiger partial charge in [0.25, 0.3) is 0 Å². The molecule has 0 spiro atoms. The summed E-state index contributed by atoms with van der Waals surface area (Å²) in [6.07, 6.45) is 3.39. The van der Waals surface area contributed by atoms with E-state index >= 15 is 0 Å². The van der Waals surface area contributed by atoms with Gasteiger partial charge in [-0.2, -0.15) is 0 Å². The minimum atomic E-state index is -0.386. The highest BCUT2D eigenvalue weighted by atomic mass is 35.5. The van der Waals surface area contributed by atoms with Crippen molar-refractivity contribution in [1.82, 2.24) is 4.90 Å². The van der Waals surface area contributed by atoms with Gasteiger partial charge in [-0.3, -0.25) is 9.69 Å². The van der Waals surface area contributed by atoms with Crippen LogP contribution in [0.1, 0.15) is 32.6 Å². The Morgan fingerprint density at radius 3 is 2.95 bits per heavy atom. The lowest BCUT2D eigenvalue weighted by atomic mass is 9.96. The number of benzene rings is 1. The number of hydrogen-bond acceptors (Lipinski definition) is 3. The van der Waals surface area contributed by atoms with E-state index in [0.717, 1.165) is 25.8 Å². The molecule has 2 atom stereocenters. The average Bonchev–Trinajstić information content (AvgIpc) is 2.51. The number of likely N-dealkylation sites (tertiary alicyclic amines) is 1. The second kappa shape index (κ2) is 8.16. The molecule has 0 saturated carbocycles. The third-order valence-corrected chi connectivity index (χ3v) is 4.92. The first kappa shape index (κ1) is 17.5. The van der Waals surface area contributed by atoms with Crippen molar-refractivity contribution in [1.29, 1.82) is 0 Å². The van der Waals surface area contributed by atoms with E-state index in [1.165, 1.54) is 0 Å². The summed E-state index contributed by atoms with van der Waals surface area (Å²) < 4.78 is 0. The maximum atomic E-state index is 12.3. The van der Waals surface area contributed by atoms with Gasteiger partial charge in [-0.15, -0.1) is 0 Å². The first-order valence-corrected chi connectivity index (χ1v) is 8.44. The number of aliphatic hydroxyl groups is 1.